The number of aromatic nitrogens is 15. The zero-order chi connectivity index (χ0) is 75.8. The lowest BCUT2D eigenvalue weighted by molar-refractivity contribution is 1.16. The highest BCUT2D eigenvalue weighted by molar-refractivity contribution is 6.28. The van der Waals surface area contributed by atoms with Crippen molar-refractivity contribution in [2.24, 2.45) is 0 Å². The number of rotatable bonds is 0. The predicted molar refractivity (Wildman–Crippen MR) is 475 cm³/mol. The van der Waals surface area contributed by atoms with Gasteiger partial charge in [-0.2, -0.15) is 0 Å². The second-order valence-electron chi connectivity index (χ2n) is 29.6. The third-order valence-electron chi connectivity index (χ3n) is 23.2. The van der Waals surface area contributed by atoms with Crippen LogP contribution in [0.5, 0.6) is 0 Å². The zero-order valence-corrected chi connectivity index (χ0v) is 61.6. The molecule has 15 heteroatoms. The molecule has 0 spiro atoms. The molecule has 536 valence electrons. The molecule has 0 saturated carbocycles. The number of benzene rings is 16. The zero-order valence-electron chi connectivity index (χ0n) is 61.6. The van der Waals surface area contributed by atoms with Crippen LogP contribution in [-0.2, 0) is 0 Å². The molecular formula is C101H57N15. The first-order valence-corrected chi connectivity index (χ1v) is 38.7. The van der Waals surface area contributed by atoms with Crippen LogP contribution in [0.3, 0.4) is 0 Å². The lowest BCUT2D eigenvalue weighted by atomic mass is 9.98. The van der Waals surface area contributed by atoms with Crippen LogP contribution in [0.15, 0.2) is 346 Å². The maximum atomic E-state index is 5.09. The largest absolute Gasteiger partial charge is 0.292 e. The Morgan fingerprint density at radius 1 is 0.164 bits per heavy atom. The summed E-state index contributed by atoms with van der Waals surface area (Å²) in [5.41, 5.74) is 21.3. The Labute approximate surface area is 655 Å². The summed E-state index contributed by atoms with van der Waals surface area (Å²) in [6.45, 7) is 0. The molecule has 0 aliphatic carbocycles. The van der Waals surface area contributed by atoms with Gasteiger partial charge in [-0.25, -0.2) is 54.8 Å². The smallest absolute Gasteiger partial charge is 0.199 e. The fraction of sp³-hybridized carbons (Fsp3) is 0. The van der Waals surface area contributed by atoms with Crippen LogP contribution in [0.25, 0.3) is 241 Å². The topological polar surface area (TPSA) is 159 Å². The molecule has 0 N–H and O–H groups in total. The van der Waals surface area contributed by atoms with E-state index in [0.717, 1.165) is 149 Å². The summed E-state index contributed by atoms with van der Waals surface area (Å²) in [5, 5.41) is 24.9. The Kier molecular flexibility index (Phi) is 13.5. The normalized spacial score (nSPS) is 12.1. The first-order chi connectivity index (χ1) is 57.5. The molecule has 0 amide bonds. The molecule has 0 aliphatic rings. The van der Waals surface area contributed by atoms with Crippen LogP contribution in [0.2, 0.25) is 0 Å². The first kappa shape index (κ1) is 63.6. The van der Waals surface area contributed by atoms with Crippen molar-refractivity contribution in [1.29, 1.82) is 0 Å². The van der Waals surface area contributed by atoms with Crippen molar-refractivity contribution >= 4 is 241 Å². The minimum absolute atomic E-state index is 0.527. The lowest BCUT2D eigenvalue weighted by Gasteiger charge is -2.12. The summed E-state index contributed by atoms with van der Waals surface area (Å²) >= 11 is 0. The fourth-order valence-electron chi connectivity index (χ4n) is 18.1. The Morgan fingerprint density at radius 3 is 0.966 bits per heavy atom. The van der Waals surface area contributed by atoms with E-state index in [0.29, 0.717) is 11.3 Å². The van der Waals surface area contributed by atoms with Gasteiger partial charge in [0.2, 0.25) is 0 Å². The Balaban J connectivity index is 0.0000000866. The van der Waals surface area contributed by atoms with Crippen molar-refractivity contribution in [1.82, 2.24) is 72.4 Å². The van der Waals surface area contributed by atoms with E-state index in [4.69, 9.17) is 44.9 Å². The molecule has 0 radical (unpaired) electrons. The van der Waals surface area contributed by atoms with Gasteiger partial charge in [0, 0.05) is 60.9 Å². The third-order valence-corrected chi connectivity index (χ3v) is 23.2. The molecule has 0 atom stereocenters. The maximum Gasteiger partial charge on any atom is 0.199 e. The highest BCUT2D eigenvalue weighted by Crippen LogP contribution is 2.43. The van der Waals surface area contributed by atoms with E-state index in [9.17, 15) is 0 Å². The van der Waals surface area contributed by atoms with Crippen LogP contribution in [0.4, 0.5) is 0 Å². The molecule has 0 unspecified atom stereocenters. The Morgan fingerprint density at radius 2 is 0.474 bits per heavy atom. The third kappa shape index (κ3) is 9.44. The Bertz CT molecular complexity index is 8100. The van der Waals surface area contributed by atoms with E-state index >= 15 is 0 Å². The number of hydrogen-bond acceptors (Lipinski definition) is 11. The number of hydrogen-bond donors (Lipinski definition) is 0. The lowest BCUT2D eigenvalue weighted by Crippen LogP contribution is -1.99. The quantitative estimate of drug-likeness (QED) is 0.105. The molecule has 16 aromatic carbocycles. The van der Waals surface area contributed by atoms with Gasteiger partial charge in [-0.15, -0.1) is 0 Å². The van der Waals surface area contributed by atoms with Gasteiger partial charge in [0.05, 0.1) is 66.2 Å². The average Bonchev–Trinajstić information content (AvgIpc) is 1.34. The second kappa shape index (κ2) is 24.7. The van der Waals surface area contributed by atoms with Gasteiger partial charge in [0.15, 0.2) is 22.6 Å². The molecule has 0 bridgehead atoms. The fourth-order valence-corrected chi connectivity index (χ4v) is 18.1. The van der Waals surface area contributed by atoms with E-state index in [-0.39, 0.29) is 0 Å². The highest BCUT2D eigenvalue weighted by atomic mass is 15.1. The monoisotopic (exact) mass is 1480 g/mol. The van der Waals surface area contributed by atoms with Gasteiger partial charge in [0.1, 0.15) is 39.3 Å². The number of imidazole rings is 4. The number of fused-ring (bicyclic) bond motifs is 44. The molecule has 12 heterocycles. The molecule has 28 aromatic rings. The van der Waals surface area contributed by atoms with Crippen molar-refractivity contribution in [2.75, 3.05) is 0 Å². The van der Waals surface area contributed by atoms with Gasteiger partial charge >= 0.3 is 0 Å². The van der Waals surface area contributed by atoms with Crippen molar-refractivity contribution in [3.8, 4) is 0 Å². The average molecular weight is 1480 g/mol. The summed E-state index contributed by atoms with van der Waals surface area (Å²) in [4.78, 5) is 53.7. The summed E-state index contributed by atoms with van der Waals surface area (Å²) in [6, 6.07) is 116. The minimum Gasteiger partial charge on any atom is -0.292 e. The van der Waals surface area contributed by atoms with Gasteiger partial charge in [-0.1, -0.05) is 249 Å². The summed E-state index contributed by atoms with van der Waals surface area (Å²) < 4.78 is 8.83. The van der Waals surface area contributed by atoms with Gasteiger partial charge < -0.3 is 0 Å². The van der Waals surface area contributed by atoms with Crippen molar-refractivity contribution < 1.29 is 0 Å². The van der Waals surface area contributed by atoms with Crippen LogP contribution in [0, 0.1) is 0 Å². The van der Waals surface area contributed by atoms with Gasteiger partial charge in [-0.3, -0.25) is 17.6 Å². The van der Waals surface area contributed by atoms with E-state index in [1.807, 2.05) is 66.7 Å². The van der Waals surface area contributed by atoms with Gasteiger partial charge in [-0.05, 0) is 150 Å². The minimum atomic E-state index is 0.527. The summed E-state index contributed by atoms with van der Waals surface area (Å²) in [6.07, 6.45) is 3.28. The van der Waals surface area contributed by atoms with Crippen LogP contribution >= 0.6 is 0 Å². The summed E-state index contributed by atoms with van der Waals surface area (Å²) in [5.74, 6) is 0. The molecule has 116 heavy (non-hydrogen) atoms. The summed E-state index contributed by atoms with van der Waals surface area (Å²) in [7, 11) is 0. The molecule has 12 aromatic heterocycles. The van der Waals surface area contributed by atoms with Crippen molar-refractivity contribution in [3.63, 3.8) is 0 Å². The highest BCUT2D eigenvalue weighted by Gasteiger charge is 2.24. The van der Waals surface area contributed by atoms with E-state index in [1.54, 1.807) is 12.4 Å². The number of para-hydroxylation sites is 11. The number of nitrogens with zero attached hydrogens (tertiary/aromatic N) is 15. The predicted octanol–water partition coefficient (Wildman–Crippen LogP) is 24.2. The molecular weight excluding hydrogens is 1420 g/mol. The van der Waals surface area contributed by atoms with Crippen molar-refractivity contribution in [3.05, 3.63) is 346 Å². The van der Waals surface area contributed by atoms with Crippen LogP contribution in [-0.4, -0.2) is 72.4 Å². The van der Waals surface area contributed by atoms with Crippen LogP contribution < -0.4 is 0 Å². The molecule has 28 rings (SSSR count). The van der Waals surface area contributed by atoms with Gasteiger partial charge in [0.25, 0.3) is 0 Å². The van der Waals surface area contributed by atoms with E-state index in [2.05, 4.69) is 294 Å². The SMILES string of the molecule is c1ccc2c(c1)ccc1c3nc4ccccc4nc3n3c4ccccc4nc3c21.c1ccc2c(c1)ccc1c3nc4nccnc4nc3n3c4ccccc4nc3c21.c1ccc2cc3c(cc2c1)c1ccc2ccccc2c1c1nc2ccccc2n31.c1ccc2nc3c(cc2c1)c1ccc2ccccc2c1c1nc2ccccc2n31. The van der Waals surface area contributed by atoms with E-state index in [1.165, 1.54) is 80.9 Å². The van der Waals surface area contributed by atoms with E-state index < -0.39 is 0 Å². The standard InChI is InChI=1S/C27H16N2.C26H15N3.C25H14N4.C23H12N6/c1-2-9-19-16-25-22(15-18(19)8-1)21-14-13-17-7-3-4-10-20(17)26(21)27-28-23-11-5-6-12-24(23)29(25)27;1-3-9-18-16(7-1)13-14-19-20-15-17-8-2-4-10-21(17)27-25(20)29-23-12-6-5-11-22(23)28-26(29)24(18)19;1-2-8-16-15(7-1)13-14-17-22(16)24-28-20-11-5-6-12-21(20)29(24)25-23(17)26-18-9-3-4-10-19(18)27-25;1-2-6-14-13(5-1)9-10-15-18(14)22-26-16-7-3-4-8-17(16)29(22)23-19(15)27-20-21(28-23)25-12-11-24-20/h1-16H;1-15H;1-14H;1-12H. The molecule has 0 aliphatic heterocycles. The van der Waals surface area contributed by atoms with Crippen molar-refractivity contribution in [2.45, 2.75) is 0 Å². The number of pyridine rings is 5. The molecule has 0 saturated heterocycles. The Hall–Kier alpha value is -16.1. The molecule has 0 fully saturated rings. The second-order valence-corrected chi connectivity index (χ2v) is 29.6. The first-order valence-electron chi connectivity index (χ1n) is 38.7. The van der Waals surface area contributed by atoms with Crippen LogP contribution in [0.1, 0.15) is 0 Å². The maximum absolute atomic E-state index is 5.09. The molecule has 15 nitrogen and oxygen atoms in total.